The molecule has 4 aliphatic heterocycles. The van der Waals surface area contributed by atoms with Crippen LogP contribution in [0, 0.1) is 0 Å². The normalized spacial score (nSPS) is 26.1. The summed E-state index contributed by atoms with van der Waals surface area (Å²) in [5.41, 5.74) is 3.40. The Morgan fingerprint density at radius 2 is 1.91 bits per heavy atom. The summed E-state index contributed by atoms with van der Waals surface area (Å²) < 4.78 is 6.23. The summed E-state index contributed by atoms with van der Waals surface area (Å²) in [6, 6.07) is 5.11. The highest BCUT2D eigenvalue weighted by Crippen LogP contribution is 2.49. The number of carbonyl (C=O) groups excluding carboxylic acids is 2. The summed E-state index contributed by atoms with van der Waals surface area (Å²) in [4.78, 5) is 30.1. The summed E-state index contributed by atoms with van der Waals surface area (Å²) >= 11 is 0. The maximum atomic E-state index is 12.3. The summed E-state index contributed by atoms with van der Waals surface area (Å²) in [6.07, 6.45) is 11.9. The molecule has 0 N–H and O–H groups in total. The van der Waals surface area contributed by atoms with Crippen molar-refractivity contribution in [3.8, 4) is 5.75 Å². The van der Waals surface area contributed by atoms with Gasteiger partial charge in [0.05, 0.1) is 13.2 Å². The molecule has 33 heavy (non-hydrogen) atoms. The second-order valence-electron chi connectivity index (χ2n) is 10.9. The lowest BCUT2D eigenvalue weighted by Crippen LogP contribution is -2.43. The first-order valence-corrected chi connectivity index (χ1v) is 13.0. The lowest BCUT2D eigenvalue weighted by Gasteiger charge is -2.38. The molecule has 2 unspecified atom stereocenters. The van der Waals surface area contributed by atoms with Crippen molar-refractivity contribution in [1.82, 2.24) is 14.7 Å². The average molecular weight is 454 g/mol. The van der Waals surface area contributed by atoms with Gasteiger partial charge in [0.1, 0.15) is 5.75 Å². The average Bonchev–Trinajstić information content (AvgIpc) is 3.46. The smallest absolute Gasteiger partial charge is 0.254 e. The molecule has 2 atom stereocenters. The predicted octanol–water partition coefficient (Wildman–Crippen LogP) is 3.96. The topological polar surface area (TPSA) is 53.1 Å². The Morgan fingerprint density at radius 3 is 2.70 bits per heavy atom. The van der Waals surface area contributed by atoms with Gasteiger partial charge in [-0.2, -0.15) is 0 Å². The molecule has 2 saturated heterocycles. The summed E-state index contributed by atoms with van der Waals surface area (Å²) in [6.45, 7) is 7.06. The number of amides is 2. The predicted molar refractivity (Wildman–Crippen MR) is 129 cm³/mol. The highest BCUT2D eigenvalue weighted by Gasteiger charge is 2.45. The van der Waals surface area contributed by atoms with Gasteiger partial charge < -0.3 is 19.4 Å². The van der Waals surface area contributed by atoms with E-state index >= 15 is 0 Å². The van der Waals surface area contributed by atoms with Crippen LogP contribution in [0.1, 0.15) is 86.2 Å². The largest absolute Gasteiger partial charge is 0.492 e. The number of ether oxygens (including phenoxy) is 1. The van der Waals surface area contributed by atoms with E-state index in [0.29, 0.717) is 18.6 Å². The molecule has 1 spiro atoms. The van der Waals surface area contributed by atoms with Gasteiger partial charge >= 0.3 is 0 Å². The summed E-state index contributed by atoms with van der Waals surface area (Å²) in [5.74, 6) is 1.12. The Kier molecular flexibility index (Phi) is 6.39. The quantitative estimate of drug-likeness (QED) is 0.442. The van der Waals surface area contributed by atoms with Crippen LogP contribution in [0.15, 0.2) is 12.1 Å². The number of fused-ring (bicyclic) bond motifs is 4. The molecular formula is C27H39N3O3. The van der Waals surface area contributed by atoms with Gasteiger partial charge in [0.25, 0.3) is 5.91 Å². The number of likely N-dealkylation sites (tertiary alicyclic amines) is 2. The number of carbonyl (C=O) groups is 2. The third-order valence-corrected chi connectivity index (χ3v) is 8.84. The van der Waals surface area contributed by atoms with Crippen LogP contribution in [-0.4, -0.2) is 72.4 Å². The Labute approximate surface area is 198 Å². The van der Waals surface area contributed by atoms with Gasteiger partial charge in [-0.05, 0) is 71.1 Å². The molecule has 4 aliphatic rings. The van der Waals surface area contributed by atoms with Crippen LogP contribution in [0.4, 0.5) is 0 Å². The molecule has 0 aromatic heterocycles. The maximum absolute atomic E-state index is 12.3. The van der Waals surface area contributed by atoms with Crippen LogP contribution < -0.4 is 4.74 Å². The third-order valence-electron chi connectivity index (χ3n) is 8.84. The lowest BCUT2D eigenvalue weighted by atomic mass is 9.74. The number of hydrogen-bond acceptors (Lipinski definition) is 4. The van der Waals surface area contributed by atoms with E-state index in [1.54, 1.807) is 4.90 Å². The Balaban J connectivity index is 1.05. The van der Waals surface area contributed by atoms with Gasteiger partial charge in [-0.25, -0.2) is 0 Å². The molecule has 1 aromatic rings. The van der Waals surface area contributed by atoms with Crippen LogP contribution in [-0.2, 0) is 16.8 Å². The SMILES string of the molecule is CC1CCC(CCCCCCN2CCC3(CC2)COc2c3ccc3c2CN(C)C3=O)N1C=O. The van der Waals surface area contributed by atoms with Crippen LogP contribution in [0.5, 0.6) is 5.75 Å². The van der Waals surface area contributed by atoms with Crippen LogP contribution >= 0.6 is 0 Å². The molecule has 0 saturated carbocycles. The van der Waals surface area contributed by atoms with Gasteiger partial charge in [0.2, 0.25) is 6.41 Å². The molecule has 0 radical (unpaired) electrons. The van der Waals surface area contributed by atoms with Crippen molar-refractivity contribution in [2.45, 2.75) is 88.8 Å². The molecule has 6 heteroatoms. The second-order valence-corrected chi connectivity index (χ2v) is 10.9. The molecular weight excluding hydrogens is 414 g/mol. The Bertz CT molecular complexity index is 893. The zero-order valence-electron chi connectivity index (χ0n) is 20.4. The first kappa shape index (κ1) is 22.7. The number of nitrogens with zero attached hydrogens (tertiary/aromatic N) is 3. The fourth-order valence-electron chi connectivity index (χ4n) is 6.63. The number of rotatable bonds is 8. The number of benzene rings is 1. The standard InChI is InChI=1S/C27H39N3O3/c1-20-8-9-21(30(20)19-31)7-5-3-4-6-14-29-15-12-27(13-16-29)18-33-25-23-17-28(2)26(32)22(23)10-11-24(25)27/h10-11,19-21H,3-9,12-18H2,1-2H3. The van der Waals surface area contributed by atoms with Crippen LogP contribution in [0.3, 0.4) is 0 Å². The van der Waals surface area contributed by atoms with E-state index in [2.05, 4.69) is 17.9 Å². The lowest BCUT2D eigenvalue weighted by molar-refractivity contribution is -0.120. The van der Waals surface area contributed by atoms with Crippen molar-refractivity contribution >= 4 is 12.3 Å². The highest BCUT2D eigenvalue weighted by atomic mass is 16.5. The van der Waals surface area contributed by atoms with E-state index < -0.39 is 0 Å². The minimum absolute atomic E-state index is 0.117. The van der Waals surface area contributed by atoms with Crippen molar-refractivity contribution in [2.24, 2.45) is 0 Å². The second kappa shape index (κ2) is 9.28. The number of piperidine rings is 1. The van der Waals surface area contributed by atoms with Crippen molar-refractivity contribution in [2.75, 3.05) is 33.3 Å². The van der Waals surface area contributed by atoms with E-state index in [9.17, 15) is 9.59 Å². The molecule has 5 rings (SSSR count). The monoisotopic (exact) mass is 453 g/mol. The van der Waals surface area contributed by atoms with Crippen molar-refractivity contribution in [3.05, 3.63) is 28.8 Å². The van der Waals surface area contributed by atoms with Crippen molar-refractivity contribution in [3.63, 3.8) is 0 Å². The molecule has 180 valence electrons. The van der Waals surface area contributed by atoms with Gasteiger partial charge in [-0.1, -0.05) is 25.3 Å². The zero-order chi connectivity index (χ0) is 23.0. The molecule has 1 aromatic carbocycles. The summed E-state index contributed by atoms with van der Waals surface area (Å²) in [7, 11) is 1.87. The van der Waals surface area contributed by atoms with Crippen LogP contribution in [0.25, 0.3) is 0 Å². The fraction of sp³-hybridized carbons (Fsp3) is 0.704. The molecule has 0 aliphatic carbocycles. The zero-order valence-corrected chi connectivity index (χ0v) is 20.4. The number of hydrogen-bond donors (Lipinski definition) is 0. The minimum Gasteiger partial charge on any atom is -0.492 e. The first-order chi connectivity index (χ1) is 16.0. The van der Waals surface area contributed by atoms with Crippen molar-refractivity contribution in [1.29, 1.82) is 0 Å². The Hall–Kier alpha value is -2.08. The third kappa shape index (κ3) is 4.16. The van der Waals surface area contributed by atoms with E-state index in [1.807, 2.05) is 18.0 Å². The maximum Gasteiger partial charge on any atom is 0.254 e. The van der Waals surface area contributed by atoms with Gasteiger partial charge in [0, 0.05) is 41.2 Å². The van der Waals surface area contributed by atoms with E-state index in [1.165, 1.54) is 50.6 Å². The molecule has 4 heterocycles. The number of unbranched alkanes of at least 4 members (excludes halogenated alkanes) is 3. The van der Waals surface area contributed by atoms with Gasteiger partial charge in [0.15, 0.2) is 0 Å². The van der Waals surface area contributed by atoms with Gasteiger partial charge in [-0.3, -0.25) is 9.59 Å². The Morgan fingerprint density at radius 1 is 1.12 bits per heavy atom. The molecule has 2 fully saturated rings. The summed E-state index contributed by atoms with van der Waals surface area (Å²) in [5, 5.41) is 0. The fourth-order valence-corrected chi connectivity index (χ4v) is 6.63. The first-order valence-electron chi connectivity index (χ1n) is 13.0. The molecule has 2 amide bonds. The minimum atomic E-state index is 0.117. The van der Waals surface area contributed by atoms with Crippen LogP contribution in [0.2, 0.25) is 0 Å². The van der Waals surface area contributed by atoms with Crippen molar-refractivity contribution < 1.29 is 14.3 Å². The molecule has 6 nitrogen and oxygen atoms in total. The highest BCUT2D eigenvalue weighted by molar-refractivity contribution is 5.99. The van der Waals surface area contributed by atoms with E-state index in [0.717, 1.165) is 62.2 Å². The van der Waals surface area contributed by atoms with Gasteiger partial charge in [-0.15, -0.1) is 0 Å². The van der Waals surface area contributed by atoms with E-state index in [-0.39, 0.29) is 11.3 Å². The van der Waals surface area contributed by atoms with E-state index in [4.69, 9.17) is 4.74 Å². The molecule has 0 bridgehead atoms.